The lowest BCUT2D eigenvalue weighted by molar-refractivity contribution is -0.258. The zero-order valence-corrected chi connectivity index (χ0v) is 21.7. The van der Waals surface area contributed by atoms with E-state index in [1.807, 2.05) is 72.8 Å². The molecule has 0 spiro atoms. The maximum atomic E-state index is 10.9. The summed E-state index contributed by atoms with van der Waals surface area (Å²) in [5.41, 5.74) is 5.86. The Labute approximate surface area is 231 Å². The van der Waals surface area contributed by atoms with Crippen LogP contribution < -0.4 is 9.47 Å². The van der Waals surface area contributed by atoms with Crippen LogP contribution in [0.1, 0.15) is 29.2 Å². The molecule has 0 saturated heterocycles. The molecule has 1 aliphatic rings. The number of rotatable bonds is 8. The fourth-order valence-corrected chi connectivity index (χ4v) is 4.35. The number of aliphatic carboxylic acids is 2. The van der Waals surface area contributed by atoms with Gasteiger partial charge < -0.3 is 24.8 Å². The van der Waals surface area contributed by atoms with Crippen LogP contribution in [0.15, 0.2) is 109 Å². The molecule has 1 aliphatic carbocycles. The number of hydrogen-bond donors (Lipinski definition) is 3. The summed E-state index contributed by atoms with van der Waals surface area (Å²) < 4.78 is 10.7. The second kappa shape index (κ2) is 12.6. The second-order valence-electron chi connectivity index (χ2n) is 9.00. The summed E-state index contributed by atoms with van der Waals surface area (Å²) in [6, 6.07) is 29.9. The molecule has 7 heteroatoms. The van der Waals surface area contributed by atoms with E-state index >= 15 is 0 Å². The normalized spacial score (nSPS) is 11.8. The first kappa shape index (κ1) is 27.9. The van der Waals surface area contributed by atoms with E-state index in [1.54, 1.807) is 24.3 Å². The molecule has 40 heavy (non-hydrogen) atoms. The average molecular weight is 537 g/mol. The molecule has 0 radical (unpaired) electrons. The molecule has 0 saturated carbocycles. The maximum Gasteiger partial charge on any atom is 0.366 e. The highest BCUT2D eigenvalue weighted by atomic mass is 16.8. The van der Waals surface area contributed by atoms with E-state index < -0.39 is 17.9 Å². The molecular formula is C33H28O7. The van der Waals surface area contributed by atoms with Gasteiger partial charge in [0.15, 0.2) is 0 Å². The minimum Gasteiger partial charge on any atom is -0.478 e. The number of carbonyl (C=O) groups is 2. The molecule has 3 N–H and O–H groups in total. The van der Waals surface area contributed by atoms with E-state index in [4.69, 9.17) is 19.7 Å². The Kier molecular flexibility index (Phi) is 8.79. The summed E-state index contributed by atoms with van der Waals surface area (Å²) in [6.07, 6.45) is 5.87. The van der Waals surface area contributed by atoms with Gasteiger partial charge in [0, 0.05) is 19.1 Å². The van der Waals surface area contributed by atoms with Crippen LogP contribution in [0.25, 0.3) is 23.3 Å². The highest BCUT2D eigenvalue weighted by Gasteiger charge is 2.25. The first-order valence-corrected chi connectivity index (χ1v) is 12.5. The van der Waals surface area contributed by atoms with Gasteiger partial charge in [0.1, 0.15) is 11.5 Å². The number of aliphatic hydroxyl groups is 1. The first-order chi connectivity index (χ1) is 19.2. The van der Waals surface area contributed by atoms with Crippen LogP contribution in [0.4, 0.5) is 0 Å². The van der Waals surface area contributed by atoms with Gasteiger partial charge in [-0.15, -0.1) is 0 Å². The van der Waals surface area contributed by atoms with Crippen molar-refractivity contribution >= 4 is 24.1 Å². The molecule has 4 aromatic carbocycles. The van der Waals surface area contributed by atoms with E-state index in [1.165, 1.54) is 24.6 Å². The van der Waals surface area contributed by atoms with Crippen molar-refractivity contribution in [3.8, 4) is 22.6 Å². The summed E-state index contributed by atoms with van der Waals surface area (Å²) in [5.74, 6) is -2.67. The van der Waals surface area contributed by atoms with Gasteiger partial charge in [0.05, 0.1) is 0 Å². The summed E-state index contributed by atoms with van der Waals surface area (Å²) in [6.45, 7) is 1.45. The Morgan fingerprint density at radius 3 is 1.80 bits per heavy atom. The van der Waals surface area contributed by atoms with E-state index in [9.17, 15) is 14.7 Å². The predicted octanol–water partition coefficient (Wildman–Crippen LogP) is 6.26. The van der Waals surface area contributed by atoms with Crippen molar-refractivity contribution in [1.29, 1.82) is 0 Å². The predicted molar refractivity (Wildman–Crippen MR) is 153 cm³/mol. The van der Waals surface area contributed by atoms with E-state index in [-0.39, 0.29) is 0 Å². The van der Waals surface area contributed by atoms with Crippen LogP contribution in [-0.2, 0) is 16.0 Å². The molecule has 5 rings (SSSR count). The van der Waals surface area contributed by atoms with Gasteiger partial charge >= 0.3 is 17.9 Å². The summed E-state index contributed by atoms with van der Waals surface area (Å²) in [5, 5.41) is 27.7. The SMILES string of the molecule is CC(O)(Oc1ccccc1)Oc1ccccc1.O=C(O)C=Cc1ccc2c(c1C=CC(=O)O)Cc1ccccc1-2. The third-order valence-electron chi connectivity index (χ3n) is 5.96. The molecule has 4 aromatic rings. The Balaban J connectivity index is 0.000000194. The summed E-state index contributed by atoms with van der Waals surface area (Å²) >= 11 is 0. The van der Waals surface area contributed by atoms with Crippen LogP contribution in [0.3, 0.4) is 0 Å². The summed E-state index contributed by atoms with van der Waals surface area (Å²) in [7, 11) is 0. The smallest absolute Gasteiger partial charge is 0.366 e. The summed E-state index contributed by atoms with van der Waals surface area (Å²) in [4.78, 5) is 21.6. The molecule has 0 fully saturated rings. The molecule has 0 bridgehead atoms. The fourth-order valence-electron chi connectivity index (χ4n) is 4.35. The quantitative estimate of drug-likeness (QED) is 0.158. The second-order valence-corrected chi connectivity index (χ2v) is 9.00. The van der Waals surface area contributed by atoms with Gasteiger partial charge in [-0.2, -0.15) is 0 Å². The lowest BCUT2D eigenvalue weighted by atomic mass is 9.95. The topological polar surface area (TPSA) is 113 Å². The van der Waals surface area contributed by atoms with Crippen molar-refractivity contribution in [3.63, 3.8) is 0 Å². The van der Waals surface area contributed by atoms with Crippen molar-refractivity contribution in [3.05, 3.63) is 131 Å². The molecule has 0 aromatic heterocycles. The van der Waals surface area contributed by atoms with Gasteiger partial charge in [-0.3, -0.25) is 0 Å². The monoisotopic (exact) mass is 536 g/mol. The molecule has 0 heterocycles. The first-order valence-electron chi connectivity index (χ1n) is 12.5. The minimum absolute atomic E-state index is 0.549. The van der Waals surface area contributed by atoms with Crippen LogP contribution in [-0.4, -0.2) is 33.2 Å². The van der Waals surface area contributed by atoms with Crippen LogP contribution >= 0.6 is 0 Å². The molecule has 0 atom stereocenters. The zero-order chi connectivity index (χ0) is 28.5. The molecular weight excluding hydrogens is 508 g/mol. The van der Waals surface area contributed by atoms with Gasteiger partial charge in [-0.25, -0.2) is 9.59 Å². The highest BCUT2D eigenvalue weighted by Crippen LogP contribution is 2.40. The lowest BCUT2D eigenvalue weighted by Crippen LogP contribution is -2.38. The Morgan fingerprint density at radius 1 is 0.700 bits per heavy atom. The Morgan fingerprint density at radius 2 is 1.23 bits per heavy atom. The number of carboxylic acid groups (broad SMARTS) is 2. The van der Waals surface area contributed by atoms with E-state index in [2.05, 4.69) is 0 Å². The van der Waals surface area contributed by atoms with Crippen molar-refractivity contribution in [1.82, 2.24) is 0 Å². The highest BCUT2D eigenvalue weighted by molar-refractivity contribution is 5.92. The van der Waals surface area contributed by atoms with Crippen LogP contribution in [0.2, 0.25) is 0 Å². The number of benzene rings is 4. The number of para-hydroxylation sites is 2. The maximum absolute atomic E-state index is 10.9. The molecule has 202 valence electrons. The van der Waals surface area contributed by atoms with Crippen LogP contribution in [0, 0.1) is 0 Å². The van der Waals surface area contributed by atoms with Gasteiger partial charge in [-0.1, -0.05) is 72.8 Å². The van der Waals surface area contributed by atoms with Gasteiger partial charge in [0.25, 0.3) is 0 Å². The molecule has 0 aliphatic heterocycles. The fraction of sp³-hybridized carbons (Fsp3) is 0.0909. The minimum atomic E-state index is -1.69. The molecule has 0 unspecified atom stereocenters. The number of fused-ring (bicyclic) bond motifs is 3. The molecule has 7 nitrogen and oxygen atoms in total. The number of hydrogen-bond acceptors (Lipinski definition) is 5. The van der Waals surface area contributed by atoms with Crippen molar-refractivity contribution in [2.24, 2.45) is 0 Å². The number of ether oxygens (including phenoxy) is 2. The van der Waals surface area contributed by atoms with Gasteiger partial charge in [0.2, 0.25) is 0 Å². The average Bonchev–Trinajstić information content (AvgIpc) is 3.30. The third-order valence-corrected chi connectivity index (χ3v) is 5.96. The van der Waals surface area contributed by atoms with Crippen molar-refractivity contribution < 1.29 is 34.4 Å². The van der Waals surface area contributed by atoms with Crippen molar-refractivity contribution in [2.45, 2.75) is 19.3 Å². The Bertz CT molecular complexity index is 1490. The Hall–Kier alpha value is -5.14. The van der Waals surface area contributed by atoms with E-state index in [0.717, 1.165) is 34.4 Å². The van der Waals surface area contributed by atoms with Crippen molar-refractivity contribution in [2.75, 3.05) is 0 Å². The largest absolute Gasteiger partial charge is 0.478 e. The third kappa shape index (κ3) is 7.46. The van der Waals surface area contributed by atoms with E-state index in [0.29, 0.717) is 23.5 Å². The molecule has 0 amide bonds. The zero-order valence-electron chi connectivity index (χ0n) is 21.7. The standard InChI is InChI=1S/C19H14O4.C14H14O3/c20-18(21)9-6-12-5-7-16-14-4-2-1-3-13(14)11-17(16)15(12)8-10-19(22)23;1-14(15,16-12-8-4-2-5-9-12)17-13-10-6-3-7-11-13/h1-10H,11H2,(H,20,21)(H,22,23);2-11,15H,1H3. The van der Waals surface area contributed by atoms with Gasteiger partial charge in [-0.05, 0) is 76.2 Å². The lowest BCUT2D eigenvalue weighted by Gasteiger charge is -2.25. The number of carboxylic acids is 2. The van der Waals surface area contributed by atoms with Crippen LogP contribution in [0.5, 0.6) is 11.5 Å².